The van der Waals surface area contributed by atoms with E-state index in [1.165, 1.54) is 17.5 Å². The van der Waals surface area contributed by atoms with E-state index in [1.807, 2.05) is 0 Å². The first-order valence-electron chi connectivity index (χ1n) is 5.54. The average molecular weight is 356 g/mol. The van der Waals surface area contributed by atoms with Crippen LogP contribution in [-0.4, -0.2) is 0 Å². The fourth-order valence-corrected chi connectivity index (χ4v) is 5.17. The van der Waals surface area contributed by atoms with E-state index in [0.29, 0.717) is 0 Å². The van der Waals surface area contributed by atoms with Gasteiger partial charge in [-0.25, -0.2) is 0 Å². The molecule has 18 heavy (non-hydrogen) atoms. The topological polar surface area (TPSA) is 0 Å². The van der Waals surface area contributed by atoms with Crippen LogP contribution in [0.3, 0.4) is 0 Å². The Morgan fingerprint density at radius 1 is 0.889 bits per heavy atom. The van der Waals surface area contributed by atoms with Crippen molar-refractivity contribution in [2.24, 2.45) is 0 Å². The Kier molecular flexibility index (Phi) is 6.35. The van der Waals surface area contributed by atoms with Crippen LogP contribution in [0.25, 0.3) is 11.1 Å². The molecule has 0 aromatic rings. The van der Waals surface area contributed by atoms with Crippen LogP contribution >= 0.6 is 24.8 Å². The van der Waals surface area contributed by atoms with E-state index in [9.17, 15) is 0 Å². The molecule has 0 aromatic carbocycles. The van der Waals surface area contributed by atoms with Crippen LogP contribution in [0.15, 0.2) is 64.0 Å². The third-order valence-electron chi connectivity index (χ3n) is 2.86. The van der Waals surface area contributed by atoms with Crippen molar-refractivity contribution in [3.8, 4) is 11.1 Å². The minimum Gasteiger partial charge on any atom is -0.147 e. The summed E-state index contributed by atoms with van der Waals surface area (Å²) in [5.74, 6) is 0. The second kappa shape index (κ2) is 7.29. The van der Waals surface area contributed by atoms with Gasteiger partial charge in [0.05, 0.1) is 0 Å². The Balaban J connectivity index is 0.000000810. The molecule has 92 valence electrons. The maximum absolute atomic E-state index is 2.33. The number of hydrogen-bond donors (Lipinski definition) is 0. The smallest absolute Gasteiger partial charge is 0.147 e. The predicted octanol–water partition coefficient (Wildman–Crippen LogP) is 4.19. The van der Waals surface area contributed by atoms with Crippen molar-refractivity contribution < 1.29 is 23.2 Å². The van der Waals surface area contributed by atoms with Gasteiger partial charge in [-0.15, -0.1) is 24.8 Å². The van der Waals surface area contributed by atoms with E-state index in [-0.39, 0.29) is 24.8 Å². The van der Waals surface area contributed by atoms with Crippen LogP contribution in [0.1, 0.15) is 6.42 Å². The van der Waals surface area contributed by atoms with Crippen molar-refractivity contribution in [2.75, 3.05) is 0 Å². The minimum absolute atomic E-state index is 0. The number of halogens is 2. The van der Waals surface area contributed by atoms with Crippen molar-refractivity contribution in [3.05, 3.63) is 64.0 Å². The molecule has 3 aliphatic carbocycles. The molecule has 0 N–H and O–H groups in total. The van der Waals surface area contributed by atoms with Crippen LogP contribution < -0.4 is 3.27 Å². The number of allylic oxidation sites excluding steroid dienone is 4. The van der Waals surface area contributed by atoms with E-state index in [2.05, 4.69) is 60.7 Å². The van der Waals surface area contributed by atoms with Crippen LogP contribution in [0.5, 0.6) is 0 Å². The van der Waals surface area contributed by atoms with Gasteiger partial charge in [-0.05, 0) is 0 Å². The van der Waals surface area contributed by atoms with Gasteiger partial charge < -0.3 is 0 Å². The zero-order valence-corrected chi connectivity index (χ0v) is 13.9. The van der Waals surface area contributed by atoms with Crippen molar-refractivity contribution in [1.82, 2.24) is 0 Å². The monoisotopic (exact) mass is 354 g/mol. The van der Waals surface area contributed by atoms with Crippen molar-refractivity contribution >= 4 is 28.1 Å². The molecule has 3 rings (SSSR count). The quantitative estimate of drug-likeness (QED) is 0.757. The molecule has 0 nitrogen and oxygen atoms in total. The number of rotatable bonds is 2. The summed E-state index contributed by atoms with van der Waals surface area (Å²) in [5, 5.41) is 0. The third-order valence-corrected chi connectivity index (χ3v) is 6.29. The molecule has 3 heteroatoms. The number of fused-ring (bicyclic) bond motifs is 1. The van der Waals surface area contributed by atoms with Gasteiger partial charge in [0.1, 0.15) is 0 Å². The zero-order chi connectivity index (χ0) is 10.8. The fraction of sp³-hybridized carbons (Fsp3) is 0.0667. The summed E-state index contributed by atoms with van der Waals surface area (Å²) in [6, 6.07) is 15.4. The molecule has 0 atom stereocenters. The van der Waals surface area contributed by atoms with Gasteiger partial charge in [-0.2, -0.15) is 0 Å². The summed E-state index contributed by atoms with van der Waals surface area (Å²) in [6.45, 7) is 0. The summed E-state index contributed by atoms with van der Waals surface area (Å²) >= 11 is -0.543. The molecule has 0 radical (unpaired) electrons. The van der Waals surface area contributed by atoms with E-state index >= 15 is 0 Å². The summed E-state index contributed by atoms with van der Waals surface area (Å²) in [4.78, 5) is 0. The molecule has 3 aliphatic rings. The normalized spacial score (nSPS) is 12.6. The first-order valence-corrected chi connectivity index (χ1v) is 8.00. The third kappa shape index (κ3) is 3.35. The standard InChI is InChI=1S/C10H7.C5H5.2ClH.Zr/c1-2-5-9-7-4-8-10(9)6-3-1;1-2-4-5-3-1;;;/h1-7H;1-3H,4H2;2*1H;. The SMILES string of the molecule is C1=CC[C]([Zr][c]2ccc3cccccc2-3)=C1.Cl.Cl. The van der Waals surface area contributed by atoms with Crippen LogP contribution in [0.2, 0.25) is 0 Å². The van der Waals surface area contributed by atoms with Gasteiger partial charge in [0.2, 0.25) is 0 Å². The molecule has 0 aliphatic heterocycles. The second-order valence-electron chi connectivity index (χ2n) is 3.98. The molecule has 0 bridgehead atoms. The van der Waals surface area contributed by atoms with E-state index in [1.54, 1.807) is 6.55 Å². The van der Waals surface area contributed by atoms with E-state index < -0.39 is 23.2 Å². The summed E-state index contributed by atoms with van der Waals surface area (Å²) in [6.07, 6.45) is 7.97. The van der Waals surface area contributed by atoms with E-state index in [0.717, 1.165) is 0 Å². The second-order valence-corrected chi connectivity index (χ2v) is 7.49. The van der Waals surface area contributed by atoms with Gasteiger partial charge in [0, 0.05) is 0 Å². The molecule has 0 amide bonds. The zero-order valence-electron chi connectivity index (χ0n) is 9.80. The molecular weight excluding hydrogens is 342 g/mol. The largest absolute Gasteiger partial charge is 0.147 e. The average Bonchev–Trinajstić information content (AvgIpc) is 2.86. The van der Waals surface area contributed by atoms with Crippen molar-refractivity contribution in [2.45, 2.75) is 6.42 Å². The summed E-state index contributed by atoms with van der Waals surface area (Å²) in [7, 11) is 0. The maximum atomic E-state index is 2.33. The minimum atomic E-state index is -0.543. The Labute approximate surface area is 132 Å². The van der Waals surface area contributed by atoms with Crippen LogP contribution in [0.4, 0.5) is 0 Å². The maximum Gasteiger partial charge on any atom is -0.147 e. The molecule has 0 unspecified atom stereocenters. The first kappa shape index (κ1) is 15.7. The van der Waals surface area contributed by atoms with Gasteiger partial charge in [-0.3, -0.25) is 0 Å². The summed E-state index contributed by atoms with van der Waals surface area (Å²) < 4.78 is 3.30. The molecule has 0 saturated carbocycles. The first-order chi connectivity index (χ1) is 7.93. The summed E-state index contributed by atoms with van der Waals surface area (Å²) in [5.41, 5.74) is 2.84. The Bertz CT molecular complexity index is 546. The van der Waals surface area contributed by atoms with Gasteiger partial charge >= 0.3 is 108 Å². The van der Waals surface area contributed by atoms with Crippen LogP contribution in [0, 0.1) is 0 Å². The van der Waals surface area contributed by atoms with Gasteiger partial charge in [-0.1, -0.05) is 0 Å². The van der Waals surface area contributed by atoms with Crippen LogP contribution in [-0.2, 0) is 23.2 Å². The Morgan fingerprint density at radius 3 is 2.50 bits per heavy atom. The Morgan fingerprint density at radius 2 is 1.72 bits per heavy atom. The van der Waals surface area contributed by atoms with Gasteiger partial charge in [0.25, 0.3) is 0 Å². The predicted molar refractivity (Wildman–Crippen MR) is 79.0 cm³/mol. The van der Waals surface area contributed by atoms with E-state index in [4.69, 9.17) is 0 Å². The molecule has 0 saturated heterocycles. The molecule has 0 spiro atoms. The van der Waals surface area contributed by atoms with Crippen molar-refractivity contribution in [1.29, 1.82) is 0 Å². The molecule has 0 heterocycles. The van der Waals surface area contributed by atoms with Crippen molar-refractivity contribution in [3.63, 3.8) is 0 Å². The fourth-order valence-electron chi connectivity index (χ4n) is 2.04. The molecule has 0 fully saturated rings. The number of hydrogen-bond acceptors (Lipinski definition) is 0. The van der Waals surface area contributed by atoms with Gasteiger partial charge in [0.15, 0.2) is 0 Å². The molecular formula is C15H14Cl2Zr. The Hall–Kier alpha value is -0.357. The molecule has 0 aromatic heterocycles.